The average Bonchev–Trinajstić information content (AvgIpc) is 3.08. The third kappa shape index (κ3) is 3.42. The molecule has 9 rings (SSSR count). The Morgan fingerprint density at radius 1 is 0.167 bits per heavy atom. The van der Waals surface area contributed by atoms with Crippen molar-refractivity contribution in [3.05, 3.63) is 158 Å². The topological polar surface area (TPSA) is 0 Å². The summed E-state index contributed by atoms with van der Waals surface area (Å²) >= 11 is 0. The van der Waals surface area contributed by atoms with Crippen molar-refractivity contribution < 1.29 is 0 Å². The normalized spacial score (nSPS) is 11.8. The van der Waals surface area contributed by atoms with Gasteiger partial charge in [-0.1, -0.05) is 146 Å². The predicted octanol–water partition coefficient (Wildman–Crippen LogP) is 11.9. The van der Waals surface area contributed by atoms with Crippen LogP contribution in [0, 0.1) is 0 Å². The van der Waals surface area contributed by atoms with Crippen LogP contribution in [-0.2, 0) is 0 Å². The summed E-state index contributed by atoms with van der Waals surface area (Å²) in [5.41, 5.74) is 4.95. The van der Waals surface area contributed by atoms with Gasteiger partial charge in [0.05, 0.1) is 0 Å². The van der Waals surface area contributed by atoms with E-state index < -0.39 is 0 Å². The smallest absolute Gasteiger partial charge is 0.00928 e. The minimum absolute atomic E-state index is 1.23. The third-order valence-corrected chi connectivity index (χ3v) is 9.04. The molecule has 0 bridgehead atoms. The molecular weight excluding hydrogens is 504 g/mol. The molecule has 194 valence electrons. The lowest BCUT2D eigenvalue weighted by Crippen LogP contribution is -1.86. The van der Waals surface area contributed by atoms with Gasteiger partial charge in [-0.3, -0.25) is 0 Å². The summed E-state index contributed by atoms with van der Waals surface area (Å²) in [4.78, 5) is 0. The maximum Gasteiger partial charge on any atom is -0.00928 e. The van der Waals surface area contributed by atoms with Crippen molar-refractivity contribution in [3.8, 4) is 22.3 Å². The highest BCUT2D eigenvalue weighted by atomic mass is 14.2. The lowest BCUT2D eigenvalue weighted by molar-refractivity contribution is 1.62. The lowest BCUT2D eigenvalue weighted by atomic mass is 9.91. The quantitative estimate of drug-likeness (QED) is 0.195. The Morgan fingerprint density at radius 2 is 0.381 bits per heavy atom. The molecule has 0 atom stereocenters. The highest BCUT2D eigenvalue weighted by Crippen LogP contribution is 2.39. The van der Waals surface area contributed by atoms with Gasteiger partial charge in [-0.15, -0.1) is 0 Å². The first-order valence-electron chi connectivity index (χ1n) is 14.6. The molecule has 0 aliphatic heterocycles. The molecule has 0 unspecified atom stereocenters. The van der Waals surface area contributed by atoms with Gasteiger partial charge in [-0.2, -0.15) is 0 Å². The van der Waals surface area contributed by atoms with Crippen molar-refractivity contribution >= 4 is 64.6 Å². The fraction of sp³-hybridized carbons (Fsp3) is 0. The second kappa shape index (κ2) is 9.03. The third-order valence-electron chi connectivity index (χ3n) is 9.04. The second-order valence-electron chi connectivity index (χ2n) is 11.3. The van der Waals surface area contributed by atoms with Crippen LogP contribution in [0.3, 0.4) is 0 Å². The van der Waals surface area contributed by atoms with E-state index in [1.54, 1.807) is 0 Å². The van der Waals surface area contributed by atoms with Gasteiger partial charge in [0, 0.05) is 0 Å². The van der Waals surface area contributed by atoms with E-state index in [4.69, 9.17) is 0 Å². The number of benzene rings is 9. The van der Waals surface area contributed by atoms with Crippen LogP contribution < -0.4 is 0 Å². The van der Waals surface area contributed by atoms with E-state index in [1.807, 2.05) is 0 Å². The Morgan fingerprint density at radius 3 is 0.667 bits per heavy atom. The summed E-state index contributed by atoms with van der Waals surface area (Å²) in [6.45, 7) is 0. The van der Waals surface area contributed by atoms with Crippen LogP contribution in [0.2, 0.25) is 0 Å². The number of rotatable bonds is 2. The fourth-order valence-corrected chi connectivity index (χ4v) is 7.03. The summed E-state index contributed by atoms with van der Waals surface area (Å²) in [5, 5.41) is 15.7. The molecule has 0 spiro atoms. The van der Waals surface area contributed by atoms with Gasteiger partial charge in [-0.05, 0) is 99.0 Å². The summed E-state index contributed by atoms with van der Waals surface area (Å²) in [6, 6.07) is 58.0. The van der Waals surface area contributed by atoms with Gasteiger partial charge in [0.2, 0.25) is 0 Å². The van der Waals surface area contributed by atoms with Crippen LogP contribution in [0.1, 0.15) is 0 Å². The van der Waals surface area contributed by atoms with Gasteiger partial charge < -0.3 is 0 Å². The van der Waals surface area contributed by atoms with E-state index >= 15 is 0 Å². The van der Waals surface area contributed by atoms with Crippen molar-refractivity contribution in [1.29, 1.82) is 0 Å². The largest absolute Gasteiger partial charge is 0.0616 e. The van der Waals surface area contributed by atoms with Crippen molar-refractivity contribution in [3.63, 3.8) is 0 Å². The molecule has 0 heteroatoms. The zero-order valence-corrected chi connectivity index (χ0v) is 23.0. The summed E-state index contributed by atoms with van der Waals surface area (Å²) in [6.07, 6.45) is 0. The standard InChI is InChI=1S/C42H26/c1-3-13-35-31(9-1)33-11-5-7-15-37(33)41-25-29(21-23-39(35)41)27-17-19-28(20-18-27)30-22-24-40-36-14-4-2-10-32(36)34-12-6-8-16-38(34)42(40)26-30/h1-26H. The van der Waals surface area contributed by atoms with Crippen LogP contribution >= 0.6 is 0 Å². The Hall–Kier alpha value is -5.46. The molecule has 0 nitrogen and oxygen atoms in total. The first-order valence-corrected chi connectivity index (χ1v) is 14.6. The average molecular weight is 531 g/mol. The van der Waals surface area contributed by atoms with Crippen LogP contribution in [-0.4, -0.2) is 0 Å². The van der Waals surface area contributed by atoms with Gasteiger partial charge >= 0.3 is 0 Å². The molecule has 0 radical (unpaired) electrons. The monoisotopic (exact) mass is 530 g/mol. The molecule has 9 aromatic rings. The maximum atomic E-state index is 2.37. The first kappa shape index (κ1) is 23.3. The first-order chi connectivity index (χ1) is 20.8. The summed E-state index contributed by atoms with van der Waals surface area (Å²) < 4.78 is 0. The van der Waals surface area contributed by atoms with Gasteiger partial charge in [0.1, 0.15) is 0 Å². The zero-order valence-electron chi connectivity index (χ0n) is 23.0. The van der Waals surface area contributed by atoms with Gasteiger partial charge in [0.15, 0.2) is 0 Å². The Labute approximate surface area is 244 Å². The molecule has 0 saturated carbocycles. The van der Waals surface area contributed by atoms with Crippen LogP contribution in [0.4, 0.5) is 0 Å². The lowest BCUT2D eigenvalue weighted by Gasteiger charge is -2.13. The van der Waals surface area contributed by atoms with E-state index in [2.05, 4.69) is 158 Å². The highest BCUT2D eigenvalue weighted by Gasteiger charge is 2.11. The minimum atomic E-state index is 1.23. The highest BCUT2D eigenvalue weighted by molar-refractivity contribution is 6.27. The second-order valence-corrected chi connectivity index (χ2v) is 11.3. The van der Waals surface area contributed by atoms with Gasteiger partial charge in [-0.25, -0.2) is 0 Å². The van der Waals surface area contributed by atoms with Crippen molar-refractivity contribution in [2.45, 2.75) is 0 Å². The number of hydrogen-bond acceptors (Lipinski definition) is 0. The molecule has 0 aliphatic carbocycles. The predicted molar refractivity (Wildman–Crippen MR) is 182 cm³/mol. The van der Waals surface area contributed by atoms with Crippen molar-refractivity contribution in [1.82, 2.24) is 0 Å². The molecule has 0 heterocycles. The van der Waals surface area contributed by atoms with Crippen LogP contribution in [0.25, 0.3) is 86.9 Å². The molecule has 0 amide bonds. The maximum absolute atomic E-state index is 2.37. The van der Waals surface area contributed by atoms with E-state index in [0.717, 1.165) is 0 Å². The molecule has 0 aromatic heterocycles. The van der Waals surface area contributed by atoms with E-state index in [1.165, 1.54) is 86.9 Å². The number of hydrogen-bond donors (Lipinski definition) is 0. The van der Waals surface area contributed by atoms with Crippen molar-refractivity contribution in [2.75, 3.05) is 0 Å². The van der Waals surface area contributed by atoms with Crippen LogP contribution in [0.15, 0.2) is 158 Å². The molecule has 0 saturated heterocycles. The van der Waals surface area contributed by atoms with Crippen molar-refractivity contribution in [2.24, 2.45) is 0 Å². The van der Waals surface area contributed by atoms with E-state index in [0.29, 0.717) is 0 Å². The molecule has 0 N–H and O–H groups in total. The molecule has 0 fully saturated rings. The Balaban J connectivity index is 1.17. The summed E-state index contributed by atoms with van der Waals surface area (Å²) in [7, 11) is 0. The van der Waals surface area contributed by atoms with Crippen LogP contribution in [0.5, 0.6) is 0 Å². The Bertz CT molecular complexity index is 2250. The van der Waals surface area contributed by atoms with E-state index in [9.17, 15) is 0 Å². The van der Waals surface area contributed by atoms with E-state index in [-0.39, 0.29) is 0 Å². The molecule has 0 aliphatic rings. The minimum Gasteiger partial charge on any atom is -0.0616 e. The Kier molecular flexibility index (Phi) is 5.00. The molecule has 9 aromatic carbocycles. The SMILES string of the molecule is c1ccc2c(c1)c1ccccc1c1cc(-c3ccc(-c4ccc5c6ccccc6c6ccccc6c5c4)cc3)ccc21. The summed E-state index contributed by atoms with van der Waals surface area (Å²) in [5.74, 6) is 0. The zero-order chi connectivity index (χ0) is 27.6. The van der Waals surface area contributed by atoms with Gasteiger partial charge in [0.25, 0.3) is 0 Å². The fourth-order valence-electron chi connectivity index (χ4n) is 7.03. The molecular formula is C42H26. The number of fused-ring (bicyclic) bond motifs is 12. The molecule has 42 heavy (non-hydrogen) atoms.